The molecule has 0 radical (unpaired) electrons. The van der Waals surface area contributed by atoms with Gasteiger partial charge >= 0.3 is 17.9 Å². The maximum absolute atomic E-state index is 12.0. The van der Waals surface area contributed by atoms with Crippen LogP contribution in [0.3, 0.4) is 0 Å². The first kappa shape index (κ1) is 27.0. The number of esters is 3. The lowest BCUT2D eigenvalue weighted by Gasteiger charge is -2.08. The number of anilines is 2. The van der Waals surface area contributed by atoms with E-state index in [9.17, 15) is 24.0 Å². The molecule has 0 aliphatic heterocycles. The van der Waals surface area contributed by atoms with Gasteiger partial charge in [0.05, 0.1) is 24.3 Å². The number of hydrogen-bond acceptors (Lipinski definition) is 8. The largest absolute Gasteiger partial charge is 0.462 e. The summed E-state index contributed by atoms with van der Waals surface area (Å²) < 4.78 is 14.7. The van der Waals surface area contributed by atoms with E-state index < -0.39 is 30.4 Å². The zero-order valence-electron chi connectivity index (χ0n) is 19.6. The van der Waals surface area contributed by atoms with Gasteiger partial charge in [-0.25, -0.2) is 9.59 Å². The molecule has 0 aliphatic carbocycles. The summed E-state index contributed by atoms with van der Waals surface area (Å²) in [6.07, 6.45) is 0.285. The quantitative estimate of drug-likeness (QED) is 0.346. The van der Waals surface area contributed by atoms with Crippen molar-refractivity contribution in [2.24, 2.45) is 0 Å². The van der Waals surface area contributed by atoms with Crippen molar-refractivity contribution < 1.29 is 38.2 Å². The molecule has 10 heteroatoms. The number of benzene rings is 2. The highest BCUT2D eigenvalue weighted by atomic mass is 16.5. The zero-order chi connectivity index (χ0) is 25.6. The second-order valence-corrected chi connectivity index (χ2v) is 7.21. The third kappa shape index (κ3) is 9.66. The number of carbonyl (C=O) groups excluding carboxylic acids is 5. The molecule has 0 fully saturated rings. The van der Waals surface area contributed by atoms with Crippen LogP contribution < -0.4 is 10.6 Å². The Morgan fingerprint density at radius 1 is 0.629 bits per heavy atom. The minimum atomic E-state index is -0.607. The van der Waals surface area contributed by atoms with Crippen molar-refractivity contribution in [3.05, 3.63) is 59.7 Å². The molecule has 0 aromatic heterocycles. The molecule has 0 bridgehead atoms. The number of nitrogens with one attached hydrogen (secondary N) is 2. The topological polar surface area (TPSA) is 137 Å². The van der Waals surface area contributed by atoms with Crippen LogP contribution >= 0.6 is 0 Å². The van der Waals surface area contributed by atoms with Crippen LogP contribution in [0.4, 0.5) is 11.4 Å². The molecule has 2 amide bonds. The lowest BCUT2D eigenvalue weighted by Crippen LogP contribution is -2.21. The predicted molar refractivity (Wildman–Crippen MR) is 127 cm³/mol. The van der Waals surface area contributed by atoms with Crippen molar-refractivity contribution in [3.63, 3.8) is 0 Å². The third-order valence-electron chi connectivity index (χ3n) is 4.51. The molecular weight excluding hydrogens is 456 g/mol. The lowest BCUT2D eigenvalue weighted by atomic mass is 10.2. The van der Waals surface area contributed by atoms with E-state index in [0.29, 0.717) is 22.5 Å². The summed E-state index contributed by atoms with van der Waals surface area (Å²) >= 11 is 0. The molecule has 2 aromatic carbocycles. The molecule has 2 N–H and O–H groups in total. The molecule has 2 rings (SSSR count). The van der Waals surface area contributed by atoms with E-state index in [1.54, 1.807) is 38.1 Å². The SMILES string of the molecule is CCOC(=O)c1ccc(NC(=O)CCCC(=O)OCC(=O)Nc2ccc(C(=O)OCC)cc2)cc1. The first-order valence-electron chi connectivity index (χ1n) is 11.1. The van der Waals surface area contributed by atoms with E-state index in [1.807, 2.05) is 0 Å². The monoisotopic (exact) mass is 484 g/mol. The van der Waals surface area contributed by atoms with Gasteiger partial charge in [0, 0.05) is 24.2 Å². The Balaban J connectivity index is 1.65. The molecule has 186 valence electrons. The maximum Gasteiger partial charge on any atom is 0.338 e. The average Bonchev–Trinajstić information content (AvgIpc) is 2.84. The first-order valence-corrected chi connectivity index (χ1v) is 11.1. The van der Waals surface area contributed by atoms with E-state index in [0.717, 1.165) is 0 Å². The Hall–Kier alpha value is -4.21. The molecule has 0 aliphatic rings. The fourth-order valence-electron chi connectivity index (χ4n) is 2.84. The van der Waals surface area contributed by atoms with Crippen LogP contribution in [0.15, 0.2) is 48.5 Å². The van der Waals surface area contributed by atoms with Crippen LogP contribution in [-0.2, 0) is 28.6 Å². The van der Waals surface area contributed by atoms with E-state index in [2.05, 4.69) is 10.6 Å². The van der Waals surface area contributed by atoms with Crippen molar-refractivity contribution in [1.29, 1.82) is 0 Å². The van der Waals surface area contributed by atoms with Crippen molar-refractivity contribution in [3.8, 4) is 0 Å². The molecule has 2 aromatic rings. The molecule has 0 unspecified atom stereocenters. The van der Waals surface area contributed by atoms with Crippen LogP contribution in [0.25, 0.3) is 0 Å². The van der Waals surface area contributed by atoms with Crippen molar-refractivity contribution in [2.45, 2.75) is 33.1 Å². The summed E-state index contributed by atoms with van der Waals surface area (Å²) in [5.41, 5.74) is 1.68. The Morgan fingerprint density at radius 2 is 1.09 bits per heavy atom. The van der Waals surface area contributed by atoms with Crippen LogP contribution in [-0.4, -0.2) is 49.5 Å². The Morgan fingerprint density at radius 3 is 1.54 bits per heavy atom. The number of ether oxygens (including phenoxy) is 3. The summed E-state index contributed by atoms with van der Waals surface area (Å²) in [7, 11) is 0. The molecule has 0 saturated carbocycles. The fraction of sp³-hybridized carbons (Fsp3) is 0.320. The first-order chi connectivity index (χ1) is 16.8. The molecule has 10 nitrogen and oxygen atoms in total. The van der Waals surface area contributed by atoms with E-state index in [-0.39, 0.29) is 38.4 Å². The van der Waals surface area contributed by atoms with Crippen molar-refractivity contribution in [2.75, 3.05) is 30.5 Å². The van der Waals surface area contributed by atoms with Gasteiger partial charge in [0.2, 0.25) is 5.91 Å². The normalized spacial score (nSPS) is 10.1. The highest BCUT2D eigenvalue weighted by molar-refractivity contribution is 5.95. The number of hydrogen-bond donors (Lipinski definition) is 2. The van der Waals surface area contributed by atoms with E-state index in [1.165, 1.54) is 24.3 Å². The van der Waals surface area contributed by atoms with Gasteiger partial charge in [0.25, 0.3) is 5.91 Å². The van der Waals surface area contributed by atoms with Gasteiger partial charge in [-0.15, -0.1) is 0 Å². The highest BCUT2D eigenvalue weighted by Crippen LogP contribution is 2.12. The summed E-state index contributed by atoms with van der Waals surface area (Å²) in [6.45, 7) is 3.48. The van der Waals surface area contributed by atoms with Gasteiger partial charge in [-0.3, -0.25) is 14.4 Å². The molecular formula is C25H28N2O8. The molecule has 0 heterocycles. The average molecular weight is 485 g/mol. The van der Waals surface area contributed by atoms with Crippen LogP contribution in [0.1, 0.15) is 53.8 Å². The standard InChI is InChI=1S/C25H28N2O8/c1-3-33-24(31)17-8-12-19(13-9-17)26-21(28)6-5-7-23(30)35-16-22(29)27-20-14-10-18(11-15-20)25(32)34-4-2/h8-15H,3-7,16H2,1-2H3,(H,26,28)(H,27,29). The Bertz CT molecular complexity index is 1030. The van der Waals surface area contributed by atoms with E-state index >= 15 is 0 Å². The molecule has 0 atom stereocenters. The predicted octanol–water partition coefficient (Wildman–Crippen LogP) is 3.33. The zero-order valence-corrected chi connectivity index (χ0v) is 19.6. The second kappa shape index (κ2) is 14.1. The van der Waals surface area contributed by atoms with Crippen LogP contribution in [0, 0.1) is 0 Å². The minimum Gasteiger partial charge on any atom is -0.462 e. The third-order valence-corrected chi connectivity index (χ3v) is 4.51. The summed E-state index contributed by atoms with van der Waals surface area (Å²) in [5, 5.41) is 5.23. The van der Waals surface area contributed by atoms with Gasteiger partial charge < -0.3 is 24.8 Å². The van der Waals surface area contributed by atoms with Crippen molar-refractivity contribution >= 4 is 41.1 Å². The van der Waals surface area contributed by atoms with Gasteiger partial charge in [-0.1, -0.05) is 0 Å². The van der Waals surface area contributed by atoms with Crippen molar-refractivity contribution in [1.82, 2.24) is 0 Å². The fourth-order valence-corrected chi connectivity index (χ4v) is 2.84. The summed E-state index contributed by atoms with van der Waals surface area (Å²) in [4.78, 5) is 59.1. The number of carbonyl (C=O) groups is 5. The highest BCUT2D eigenvalue weighted by Gasteiger charge is 2.11. The van der Waals surface area contributed by atoms with Gasteiger partial charge in [-0.05, 0) is 68.8 Å². The van der Waals surface area contributed by atoms with Crippen LogP contribution in [0.5, 0.6) is 0 Å². The molecule has 0 spiro atoms. The lowest BCUT2D eigenvalue weighted by molar-refractivity contribution is -0.147. The Kier molecular flexibility index (Phi) is 10.9. The van der Waals surface area contributed by atoms with Gasteiger partial charge in [0.15, 0.2) is 6.61 Å². The number of rotatable bonds is 12. The van der Waals surface area contributed by atoms with Gasteiger partial charge in [-0.2, -0.15) is 0 Å². The molecule has 35 heavy (non-hydrogen) atoms. The Labute approximate surface area is 202 Å². The van der Waals surface area contributed by atoms with Gasteiger partial charge in [0.1, 0.15) is 0 Å². The smallest absolute Gasteiger partial charge is 0.338 e. The summed E-state index contributed by atoms with van der Waals surface area (Å²) in [6, 6.07) is 12.4. The van der Waals surface area contributed by atoms with Crippen LogP contribution in [0.2, 0.25) is 0 Å². The maximum atomic E-state index is 12.0. The second-order valence-electron chi connectivity index (χ2n) is 7.21. The molecule has 0 saturated heterocycles. The van der Waals surface area contributed by atoms with E-state index in [4.69, 9.17) is 14.2 Å². The minimum absolute atomic E-state index is 0.0310. The summed E-state index contributed by atoms with van der Waals surface area (Å²) in [5.74, 6) is -2.34. The number of amides is 2.